The van der Waals surface area contributed by atoms with Crippen LogP contribution in [-0.2, 0) is 11.2 Å². The van der Waals surface area contributed by atoms with Gasteiger partial charge in [-0.3, -0.25) is 4.79 Å². The van der Waals surface area contributed by atoms with Gasteiger partial charge in [-0.05, 0) is 24.1 Å². The first-order valence-corrected chi connectivity index (χ1v) is 6.90. The third kappa shape index (κ3) is 3.89. The van der Waals surface area contributed by atoms with Gasteiger partial charge in [-0.15, -0.1) is 0 Å². The highest BCUT2D eigenvalue weighted by atomic mass is 35.5. The molecule has 2 rings (SSSR count). The summed E-state index contributed by atoms with van der Waals surface area (Å²) in [6.07, 6.45) is 1.08. The average molecular weight is 309 g/mol. The Kier molecular flexibility index (Phi) is 4.88. The summed E-state index contributed by atoms with van der Waals surface area (Å²) in [6.45, 7) is 0. The maximum absolute atomic E-state index is 11.9. The number of nitrogen functional groups attached to an aromatic ring is 1. The number of carbonyl (C=O) groups excluding carboxylic acids is 1. The average Bonchev–Trinajstić information content (AvgIpc) is 2.43. The van der Waals surface area contributed by atoms with Crippen molar-refractivity contribution >= 4 is 40.5 Å². The van der Waals surface area contributed by atoms with Crippen molar-refractivity contribution in [2.45, 2.75) is 12.8 Å². The van der Waals surface area contributed by atoms with Gasteiger partial charge in [-0.25, -0.2) is 0 Å². The first-order chi connectivity index (χ1) is 9.56. The molecule has 0 aromatic heterocycles. The zero-order valence-electron chi connectivity index (χ0n) is 10.7. The summed E-state index contributed by atoms with van der Waals surface area (Å²) >= 11 is 11.8. The van der Waals surface area contributed by atoms with Gasteiger partial charge in [0.05, 0.1) is 15.7 Å². The lowest BCUT2D eigenvalue weighted by Gasteiger charge is -2.08. The van der Waals surface area contributed by atoms with E-state index in [2.05, 4.69) is 5.32 Å². The number of amides is 1. The topological polar surface area (TPSA) is 55.1 Å². The van der Waals surface area contributed by atoms with Crippen LogP contribution in [0.15, 0.2) is 42.5 Å². The van der Waals surface area contributed by atoms with Crippen LogP contribution in [0.2, 0.25) is 10.0 Å². The van der Waals surface area contributed by atoms with E-state index in [0.29, 0.717) is 34.3 Å². The molecule has 0 saturated carbocycles. The number of rotatable bonds is 4. The van der Waals surface area contributed by atoms with E-state index in [1.807, 2.05) is 30.3 Å². The van der Waals surface area contributed by atoms with Crippen molar-refractivity contribution < 1.29 is 4.79 Å². The maximum atomic E-state index is 11.9. The third-order valence-corrected chi connectivity index (χ3v) is 3.47. The molecule has 20 heavy (non-hydrogen) atoms. The zero-order chi connectivity index (χ0) is 14.5. The summed E-state index contributed by atoms with van der Waals surface area (Å²) in [7, 11) is 0. The Hall–Kier alpha value is -1.71. The quantitative estimate of drug-likeness (QED) is 0.834. The second-order valence-corrected chi connectivity index (χ2v) is 5.20. The van der Waals surface area contributed by atoms with Gasteiger partial charge in [-0.1, -0.05) is 53.5 Å². The number of nitrogens with one attached hydrogen (secondary N) is 1. The highest BCUT2D eigenvalue weighted by molar-refractivity contribution is 6.39. The van der Waals surface area contributed by atoms with Crippen molar-refractivity contribution in [3.05, 3.63) is 58.1 Å². The molecule has 0 saturated heterocycles. The maximum Gasteiger partial charge on any atom is 0.224 e. The number of hydrogen-bond donors (Lipinski definition) is 2. The van der Waals surface area contributed by atoms with Gasteiger partial charge in [-0.2, -0.15) is 0 Å². The van der Waals surface area contributed by atoms with Gasteiger partial charge in [0.15, 0.2) is 0 Å². The van der Waals surface area contributed by atoms with E-state index in [4.69, 9.17) is 28.9 Å². The van der Waals surface area contributed by atoms with E-state index >= 15 is 0 Å². The Balaban J connectivity index is 1.95. The summed E-state index contributed by atoms with van der Waals surface area (Å²) in [4.78, 5) is 11.9. The van der Waals surface area contributed by atoms with Crippen LogP contribution in [0.3, 0.4) is 0 Å². The Bertz CT molecular complexity index is 592. The van der Waals surface area contributed by atoms with Crippen LogP contribution in [-0.4, -0.2) is 5.91 Å². The normalized spacial score (nSPS) is 10.3. The molecule has 0 spiro atoms. The van der Waals surface area contributed by atoms with Gasteiger partial charge in [0.25, 0.3) is 0 Å². The predicted octanol–water partition coefficient (Wildman–Crippen LogP) is 4.15. The van der Waals surface area contributed by atoms with E-state index in [-0.39, 0.29) is 5.91 Å². The first kappa shape index (κ1) is 14.7. The molecule has 0 aliphatic carbocycles. The Morgan fingerprint density at radius 3 is 2.30 bits per heavy atom. The van der Waals surface area contributed by atoms with E-state index in [9.17, 15) is 4.79 Å². The van der Waals surface area contributed by atoms with Crippen LogP contribution in [0.4, 0.5) is 11.4 Å². The number of benzene rings is 2. The van der Waals surface area contributed by atoms with Crippen LogP contribution in [0.25, 0.3) is 0 Å². The molecule has 0 fully saturated rings. The predicted molar refractivity (Wildman–Crippen MR) is 84.3 cm³/mol. The number of carbonyl (C=O) groups is 1. The zero-order valence-corrected chi connectivity index (χ0v) is 12.2. The van der Waals surface area contributed by atoms with Gasteiger partial charge in [0, 0.05) is 12.1 Å². The van der Waals surface area contributed by atoms with Crippen molar-refractivity contribution in [2.75, 3.05) is 11.1 Å². The Morgan fingerprint density at radius 2 is 1.70 bits per heavy atom. The second-order valence-electron chi connectivity index (χ2n) is 4.39. The van der Waals surface area contributed by atoms with E-state index in [0.717, 1.165) is 5.56 Å². The number of aryl methyl sites for hydroxylation is 1. The first-order valence-electron chi connectivity index (χ1n) is 6.14. The molecule has 0 unspecified atom stereocenters. The minimum atomic E-state index is -0.0919. The molecule has 1 amide bonds. The smallest absolute Gasteiger partial charge is 0.224 e. The Morgan fingerprint density at radius 1 is 1.10 bits per heavy atom. The standard InChI is InChI=1S/C15H14Cl2N2O/c16-12-8-11(9-13(17)15(12)18)19-14(20)7-6-10-4-2-1-3-5-10/h1-5,8-9H,6-7,18H2,(H,19,20). The van der Waals surface area contributed by atoms with Crippen LogP contribution >= 0.6 is 23.2 Å². The van der Waals surface area contributed by atoms with E-state index < -0.39 is 0 Å². The fraction of sp³-hybridized carbons (Fsp3) is 0.133. The van der Waals surface area contributed by atoms with Crippen LogP contribution < -0.4 is 11.1 Å². The summed E-state index contributed by atoms with van der Waals surface area (Å²) in [5.74, 6) is -0.0919. The Labute approximate surface area is 127 Å². The molecule has 0 bridgehead atoms. The van der Waals surface area contributed by atoms with Crippen LogP contribution in [0.5, 0.6) is 0 Å². The number of halogens is 2. The lowest BCUT2D eigenvalue weighted by Crippen LogP contribution is -2.12. The summed E-state index contributed by atoms with van der Waals surface area (Å²) in [6, 6.07) is 13.0. The molecular weight excluding hydrogens is 295 g/mol. The number of nitrogens with two attached hydrogens (primary N) is 1. The molecule has 104 valence electrons. The number of anilines is 2. The van der Waals surface area contributed by atoms with Crippen molar-refractivity contribution in [1.82, 2.24) is 0 Å². The molecule has 0 radical (unpaired) electrons. The summed E-state index contributed by atoms with van der Waals surface area (Å²) in [5.41, 5.74) is 7.62. The molecule has 2 aromatic carbocycles. The van der Waals surface area contributed by atoms with Crippen molar-refractivity contribution in [3.8, 4) is 0 Å². The SMILES string of the molecule is Nc1c(Cl)cc(NC(=O)CCc2ccccc2)cc1Cl. The highest BCUT2D eigenvalue weighted by Crippen LogP contribution is 2.31. The van der Waals surface area contributed by atoms with Crippen molar-refractivity contribution in [3.63, 3.8) is 0 Å². The molecular formula is C15H14Cl2N2O. The molecule has 0 atom stereocenters. The molecule has 2 aromatic rings. The van der Waals surface area contributed by atoms with Gasteiger partial charge in [0.2, 0.25) is 5.91 Å². The van der Waals surface area contributed by atoms with E-state index in [1.54, 1.807) is 12.1 Å². The minimum Gasteiger partial charge on any atom is -0.396 e. The molecule has 3 N–H and O–H groups in total. The van der Waals surface area contributed by atoms with Crippen molar-refractivity contribution in [2.24, 2.45) is 0 Å². The molecule has 3 nitrogen and oxygen atoms in total. The van der Waals surface area contributed by atoms with Crippen LogP contribution in [0, 0.1) is 0 Å². The lowest BCUT2D eigenvalue weighted by atomic mass is 10.1. The summed E-state index contributed by atoms with van der Waals surface area (Å²) in [5, 5.41) is 3.42. The van der Waals surface area contributed by atoms with Gasteiger partial charge < -0.3 is 11.1 Å². The van der Waals surface area contributed by atoms with Crippen LogP contribution in [0.1, 0.15) is 12.0 Å². The monoisotopic (exact) mass is 308 g/mol. The largest absolute Gasteiger partial charge is 0.396 e. The minimum absolute atomic E-state index is 0.0919. The lowest BCUT2D eigenvalue weighted by molar-refractivity contribution is -0.116. The third-order valence-electron chi connectivity index (χ3n) is 2.85. The fourth-order valence-corrected chi connectivity index (χ4v) is 2.27. The van der Waals surface area contributed by atoms with Crippen molar-refractivity contribution in [1.29, 1.82) is 0 Å². The molecule has 0 aliphatic rings. The fourth-order valence-electron chi connectivity index (χ4n) is 1.78. The van der Waals surface area contributed by atoms with E-state index in [1.165, 1.54) is 0 Å². The molecule has 0 aliphatic heterocycles. The molecule has 0 heterocycles. The highest BCUT2D eigenvalue weighted by Gasteiger charge is 2.08. The van der Waals surface area contributed by atoms with Gasteiger partial charge >= 0.3 is 0 Å². The number of hydrogen-bond acceptors (Lipinski definition) is 2. The molecule has 5 heteroatoms. The summed E-state index contributed by atoms with van der Waals surface area (Å²) < 4.78 is 0. The van der Waals surface area contributed by atoms with Gasteiger partial charge in [0.1, 0.15) is 0 Å². The second kappa shape index (κ2) is 6.64.